The molecule has 11 nitrogen and oxygen atoms in total. The van der Waals surface area contributed by atoms with Gasteiger partial charge in [0.2, 0.25) is 5.95 Å². The Morgan fingerprint density at radius 2 is 1.79 bits per heavy atom. The van der Waals surface area contributed by atoms with E-state index in [2.05, 4.69) is 51.7 Å². The number of aryl methyl sites for hydroxylation is 2. The van der Waals surface area contributed by atoms with Gasteiger partial charge in [-0.3, -0.25) is 14.7 Å². The second kappa shape index (κ2) is 10.6. The van der Waals surface area contributed by atoms with Crippen molar-refractivity contribution in [2.45, 2.75) is 33.1 Å². The molecule has 0 radical (unpaired) electrons. The van der Waals surface area contributed by atoms with Crippen molar-refractivity contribution in [3.63, 3.8) is 0 Å². The van der Waals surface area contributed by atoms with Crippen molar-refractivity contribution in [1.29, 1.82) is 0 Å². The molecule has 0 aliphatic carbocycles. The maximum Gasteiger partial charge on any atom is 0.324 e. The Labute approximate surface area is 251 Å². The van der Waals surface area contributed by atoms with Gasteiger partial charge in [-0.2, -0.15) is 10.1 Å². The first-order valence-electron chi connectivity index (χ1n) is 13.7. The molecule has 0 fully saturated rings. The van der Waals surface area contributed by atoms with Crippen molar-refractivity contribution >= 4 is 56.1 Å². The summed E-state index contributed by atoms with van der Waals surface area (Å²) in [5.74, 6) is 0.956. The van der Waals surface area contributed by atoms with Gasteiger partial charge in [0.25, 0.3) is 5.56 Å². The monoisotopic (exact) mass is 593 g/mol. The minimum Gasteiger partial charge on any atom is -0.357 e. The molecule has 3 N–H and O–H groups in total. The van der Waals surface area contributed by atoms with Crippen molar-refractivity contribution in [3.05, 3.63) is 81.8 Å². The molecule has 0 unspecified atom stereocenters. The molecule has 2 amide bonds. The number of nitrogens with zero attached hydrogens (tertiary/aromatic N) is 6. The summed E-state index contributed by atoms with van der Waals surface area (Å²) in [5, 5.41) is 14.3. The van der Waals surface area contributed by atoms with E-state index in [1.54, 1.807) is 54.5 Å². The summed E-state index contributed by atoms with van der Waals surface area (Å²) in [4.78, 5) is 39.9. The number of thiazole rings is 1. The molecule has 12 heteroatoms. The van der Waals surface area contributed by atoms with Crippen LogP contribution in [0.4, 0.5) is 22.2 Å². The van der Waals surface area contributed by atoms with Gasteiger partial charge in [-0.25, -0.2) is 19.4 Å². The standard InChI is InChI=1S/C31H31N9O2S/c1-17-7-8-19(12-21(17)22-11-18-15-33-29(32-5)37-27(18)39(6)28(22)41)35-30(42)36-26-14-25(31(2,3)4)38-40(26)20-9-10-24-23(13-20)34-16-43-24/h7-16H,1-6H3,(H,32,33,37)(H2,35,36,42). The summed E-state index contributed by atoms with van der Waals surface area (Å²) in [5.41, 5.74) is 7.00. The molecular weight excluding hydrogens is 562 g/mol. The summed E-state index contributed by atoms with van der Waals surface area (Å²) in [6.45, 7) is 8.15. The van der Waals surface area contributed by atoms with Crippen LogP contribution in [0.1, 0.15) is 32.0 Å². The third-order valence-corrected chi connectivity index (χ3v) is 8.05. The van der Waals surface area contributed by atoms with Crippen LogP contribution in [0.15, 0.2) is 65.0 Å². The van der Waals surface area contributed by atoms with Gasteiger partial charge in [0.15, 0.2) is 0 Å². The average Bonchev–Trinajstić information content (AvgIpc) is 3.62. The predicted octanol–water partition coefficient (Wildman–Crippen LogP) is 6.08. The lowest BCUT2D eigenvalue weighted by atomic mass is 9.92. The molecular formula is C31H31N9O2S. The summed E-state index contributed by atoms with van der Waals surface area (Å²) in [6, 6.07) is 14.6. The first kappa shape index (κ1) is 28.0. The van der Waals surface area contributed by atoms with E-state index in [0.29, 0.717) is 34.2 Å². The Morgan fingerprint density at radius 3 is 2.56 bits per heavy atom. The van der Waals surface area contributed by atoms with Crippen LogP contribution in [0.5, 0.6) is 0 Å². The maximum atomic E-state index is 13.4. The summed E-state index contributed by atoms with van der Waals surface area (Å²) < 4.78 is 4.31. The summed E-state index contributed by atoms with van der Waals surface area (Å²) in [7, 11) is 3.41. The molecule has 2 aromatic carbocycles. The van der Waals surface area contributed by atoms with E-state index < -0.39 is 6.03 Å². The highest BCUT2D eigenvalue weighted by Crippen LogP contribution is 2.30. The van der Waals surface area contributed by atoms with E-state index in [9.17, 15) is 9.59 Å². The lowest BCUT2D eigenvalue weighted by Crippen LogP contribution is -2.22. The number of carbonyl (C=O) groups is 1. The zero-order valence-corrected chi connectivity index (χ0v) is 25.5. The summed E-state index contributed by atoms with van der Waals surface area (Å²) >= 11 is 1.57. The average molecular weight is 594 g/mol. The lowest BCUT2D eigenvalue weighted by molar-refractivity contribution is 0.262. The summed E-state index contributed by atoms with van der Waals surface area (Å²) in [6.07, 6.45) is 1.68. The van der Waals surface area contributed by atoms with E-state index in [1.165, 1.54) is 4.57 Å². The zero-order chi connectivity index (χ0) is 30.5. The Bertz CT molecular complexity index is 2090. The smallest absolute Gasteiger partial charge is 0.324 e. The number of nitrogens with one attached hydrogen (secondary N) is 3. The topological polar surface area (TPSA) is 132 Å². The van der Waals surface area contributed by atoms with Crippen molar-refractivity contribution in [2.75, 3.05) is 23.0 Å². The molecule has 0 aliphatic rings. The fraction of sp³-hybridized carbons (Fsp3) is 0.226. The largest absolute Gasteiger partial charge is 0.357 e. The molecule has 218 valence electrons. The van der Waals surface area contributed by atoms with Crippen LogP contribution >= 0.6 is 11.3 Å². The van der Waals surface area contributed by atoms with Crippen LogP contribution in [-0.2, 0) is 12.5 Å². The number of rotatable bonds is 5. The third kappa shape index (κ3) is 5.32. The molecule has 0 spiro atoms. The second-order valence-electron chi connectivity index (χ2n) is 11.3. The fourth-order valence-electron chi connectivity index (χ4n) is 4.84. The van der Waals surface area contributed by atoms with Crippen LogP contribution in [0.25, 0.3) is 38.1 Å². The minimum atomic E-state index is -0.439. The highest BCUT2D eigenvalue weighted by atomic mass is 32.1. The molecule has 0 aliphatic heterocycles. The van der Waals surface area contributed by atoms with Crippen molar-refractivity contribution in [3.8, 4) is 16.8 Å². The van der Waals surface area contributed by atoms with Gasteiger partial charge in [0, 0.05) is 48.4 Å². The number of amides is 2. The molecule has 0 saturated carbocycles. The number of hydrogen-bond acceptors (Lipinski definition) is 8. The number of pyridine rings is 1. The SMILES string of the molecule is CNc1ncc2cc(-c3cc(NC(=O)Nc4cc(C(C)(C)C)nn4-c4ccc5scnc5c4)ccc3C)c(=O)n(C)c2n1. The van der Waals surface area contributed by atoms with Crippen LogP contribution < -0.4 is 21.5 Å². The van der Waals surface area contributed by atoms with E-state index in [1.807, 2.05) is 42.8 Å². The van der Waals surface area contributed by atoms with E-state index in [4.69, 9.17) is 5.10 Å². The number of benzene rings is 2. The Hall–Kier alpha value is -5.10. The van der Waals surface area contributed by atoms with Crippen LogP contribution in [0.2, 0.25) is 0 Å². The normalized spacial score (nSPS) is 11.7. The molecule has 4 heterocycles. The van der Waals surface area contributed by atoms with E-state index in [0.717, 1.165) is 32.5 Å². The van der Waals surface area contributed by atoms with Gasteiger partial charge in [-0.1, -0.05) is 26.8 Å². The van der Waals surface area contributed by atoms with Crippen LogP contribution in [0, 0.1) is 6.92 Å². The van der Waals surface area contributed by atoms with Crippen LogP contribution in [0.3, 0.4) is 0 Å². The second-order valence-corrected chi connectivity index (χ2v) is 12.2. The number of anilines is 3. The van der Waals surface area contributed by atoms with Crippen LogP contribution in [-0.4, -0.2) is 42.4 Å². The highest BCUT2D eigenvalue weighted by molar-refractivity contribution is 7.16. The van der Waals surface area contributed by atoms with Gasteiger partial charge < -0.3 is 10.6 Å². The first-order valence-corrected chi connectivity index (χ1v) is 14.6. The van der Waals surface area contributed by atoms with Gasteiger partial charge in [0.1, 0.15) is 11.5 Å². The number of aromatic nitrogens is 6. The maximum absolute atomic E-state index is 13.4. The number of hydrogen-bond donors (Lipinski definition) is 3. The van der Waals surface area contributed by atoms with Gasteiger partial charge in [-0.15, -0.1) is 11.3 Å². The minimum absolute atomic E-state index is 0.200. The lowest BCUT2D eigenvalue weighted by Gasteiger charge is -2.14. The molecule has 0 saturated heterocycles. The number of urea groups is 1. The fourth-order valence-corrected chi connectivity index (χ4v) is 5.50. The third-order valence-electron chi connectivity index (χ3n) is 7.24. The van der Waals surface area contributed by atoms with E-state index in [-0.39, 0.29) is 11.0 Å². The number of fused-ring (bicyclic) bond motifs is 2. The molecule has 6 aromatic rings. The van der Waals surface area contributed by atoms with E-state index >= 15 is 0 Å². The highest BCUT2D eigenvalue weighted by Gasteiger charge is 2.22. The van der Waals surface area contributed by atoms with Gasteiger partial charge in [0.05, 0.1) is 27.1 Å². The van der Waals surface area contributed by atoms with Gasteiger partial charge in [-0.05, 0) is 54.4 Å². The Kier molecular flexibility index (Phi) is 6.93. The molecule has 0 atom stereocenters. The quantitative estimate of drug-likeness (QED) is 0.221. The van der Waals surface area contributed by atoms with Crippen molar-refractivity contribution < 1.29 is 4.79 Å². The zero-order valence-electron chi connectivity index (χ0n) is 24.7. The molecule has 43 heavy (non-hydrogen) atoms. The molecule has 0 bridgehead atoms. The Morgan fingerprint density at radius 1 is 0.977 bits per heavy atom. The van der Waals surface area contributed by atoms with Crippen molar-refractivity contribution in [1.82, 2.24) is 29.3 Å². The predicted molar refractivity (Wildman–Crippen MR) is 173 cm³/mol. The van der Waals surface area contributed by atoms with Crippen molar-refractivity contribution in [2.24, 2.45) is 7.05 Å². The first-order chi connectivity index (χ1) is 20.5. The molecule has 4 aromatic heterocycles. The number of carbonyl (C=O) groups excluding carboxylic acids is 1. The van der Waals surface area contributed by atoms with Gasteiger partial charge >= 0.3 is 6.03 Å². The molecule has 6 rings (SSSR count). The Balaban J connectivity index is 1.32.